The lowest BCUT2D eigenvalue weighted by molar-refractivity contribution is -0.125. The minimum absolute atomic E-state index is 0.0788. The topological polar surface area (TPSA) is 70.7 Å². The summed E-state index contributed by atoms with van der Waals surface area (Å²) in [6, 6.07) is -0.170. The Labute approximate surface area is 96.3 Å². The molecule has 6 nitrogen and oxygen atoms in total. The van der Waals surface area contributed by atoms with Crippen molar-refractivity contribution < 1.29 is 14.3 Å². The number of carbonyl (C=O) groups is 2. The molecule has 3 amide bonds. The molecule has 0 aliphatic carbocycles. The van der Waals surface area contributed by atoms with Gasteiger partial charge in [0.2, 0.25) is 5.91 Å². The molecule has 94 valence electrons. The van der Waals surface area contributed by atoms with E-state index in [0.29, 0.717) is 19.7 Å². The molecule has 0 aliphatic heterocycles. The van der Waals surface area contributed by atoms with E-state index < -0.39 is 0 Å². The van der Waals surface area contributed by atoms with Crippen LogP contribution in [0.15, 0.2) is 0 Å². The van der Waals surface area contributed by atoms with Crippen molar-refractivity contribution in [3.63, 3.8) is 0 Å². The Kier molecular flexibility index (Phi) is 8.24. The zero-order chi connectivity index (χ0) is 12.4. The normalized spacial score (nSPS) is 9.69. The second-order valence-electron chi connectivity index (χ2n) is 3.53. The number of rotatable bonds is 7. The molecule has 6 heteroatoms. The van der Waals surface area contributed by atoms with Gasteiger partial charge in [0, 0.05) is 33.8 Å². The van der Waals surface area contributed by atoms with E-state index in [-0.39, 0.29) is 18.5 Å². The highest BCUT2D eigenvalue weighted by Gasteiger charge is 2.02. The number of hydrogen-bond donors (Lipinski definition) is 2. The molecule has 0 aromatic rings. The molecule has 0 atom stereocenters. The van der Waals surface area contributed by atoms with Gasteiger partial charge < -0.3 is 20.3 Å². The Balaban J connectivity index is 3.37. The van der Waals surface area contributed by atoms with Gasteiger partial charge in [0.25, 0.3) is 0 Å². The molecule has 0 fully saturated rings. The van der Waals surface area contributed by atoms with Crippen LogP contribution in [0.4, 0.5) is 4.79 Å². The van der Waals surface area contributed by atoms with Gasteiger partial charge in [-0.25, -0.2) is 4.79 Å². The van der Waals surface area contributed by atoms with Crippen LogP contribution >= 0.6 is 0 Å². The summed E-state index contributed by atoms with van der Waals surface area (Å²) < 4.78 is 5.05. The van der Waals surface area contributed by atoms with Crippen LogP contribution in [-0.2, 0) is 9.53 Å². The van der Waals surface area contributed by atoms with Gasteiger partial charge in [0.05, 0.1) is 0 Å². The average molecular weight is 231 g/mol. The van der Waals surface area contributed by atoms with Crippen molar-refractivity contribution in [1.82, 2.24) is 15.5 Å². The third-order valence-corrected chi connectivity index (χ3v) is 1.71. The average Bonchev–Trinajstić information content (AvgIpc) is 2.24. The maximum Gasteiger partial charge on any atom is 0.316 e. The molecular weight excluding hydrogens is 210 g/mol. The molecule has 16 heavy (non-hydrogen) atoms. The van der Waals surface area contributed by atoms with Crippen LogP contribution < -0.4 is 10.6 Å². The molecule has 0 heterocycles. The zero-order valence-electron chi connectivity index (χ0n) is 10.2. The van der Waals surface area contributed by atoms with Gasteiger partial charge in [0.1, 0.15) is 6.61 Å². The summed E-state index contributed by atoms with van der Waals surface area (Å²) in [6.07, 6.45) is 0.895. The molecule has 0 bridgehead atoms. The second-order valence-corrected chi connectivity index (χ2v) is 3.53. The first kappa shape index (κ1) is 14.7. The zero-order valence-corrected chi connectivity index (χ0v) is 10.2. The Hall–Kier alpha value is -1.30. The highest BCUT2D eigenvalue weighted by molar-refractivity contribution is 5.77. The first-order valence-corrected chi connectivity index (χ1v) is 5.37. The largest absolute Gasteiger partial charge is 0.372 e. The Morgan fingerprint density at radius 1 is 1.19 bits per heavy atom. The Bertz CT molecular complexity index is 219. The smallest absolute Gasteiger partial charge is 0.316 e. The lowest BCUT2D eigenvalue weighted by Crippen LogP contribution is -2.40. The van der Waals surface area contributed by atoms with E-state index in [4.69, 9.17) is 4.74 Å². The van der Waals surface area contributed by atoms with Crippen molar-refractivity contribution in [2.75, 3.05) is 40.4 Å². The molecule has 0 aliphatic rings. The lowest BCUT2D eigenvalue weighted by atomic mass is 10.5. The summed E-state index contributed by atoms with van der Waals surface area (Å²) >= 11 is 0. The van der Waals surface area contributed by atoms with E-state index in [1.54, 1.807) is 14.1 Å². The van der Waals surface area contributed by atoms with Crippen molar-refractivity contribution in [1.29, 1.82) is 0 Å². The molecule has 0 aromatic heterocycles. The fourth-order valence-corrected chi connectivity index (χ4v) is 0.890. The first-order valence-electron chi connectivity index (χ1n) is 5.37. The molecule has 0 saturated carbocycles. The van der Waals surface area contributed by atoms with E-state index in [0.717, 1.165) is 6.42 Å². The maximum absolute atomic E-state index is 11.1. The summed E-state index contributed by atoms with van der Waals surface area (Å²) in [5.74, 6) is -0.160. The summed E-state index contributed by atoms with van der Waals surface area (Å²) in [6.45, 7) is 3.47. The fraction of sp³-hybridized carbons (Fsp3) is 0.800. The van der Waals surface area contributed by atoms with Crippen LogP contribution in [0.25, 0.3) is 0 Å². The van der Waals surface area contributed by atoms with Gasteiger partial charge in [0.15, 0.2) is 0 Å². The quantitative estimate of drug-likeness (QED) is 0.596. The number of carbonyl (C=O) groups excluding carboxylic acids is 2. The standard InChI is InChI=1S/C10H21N3O3/c1-4-7-16-8-9(14)11-5-6-12-10(15)13(2)3/h4-8H2,1-3H3,(H,11,14)(H,12,15). The van der Waals surface area contributed by atoms with Crippen LogP contribution in [0, 0.1) is 0 Å². The van der Waals surface area contributed by atoms with Crippen LogP contribution in [-0.4, -0.2) is 57.2 Å². The molecule has 0 radical (unpaired) electrons. The third-order valence-electron chi connectivity index (χ3n) is 1.71. The van der Waals surface area contributed by atoms with Crippen molar-refractivity contribution >= 4 is 11.9 Å². The molecule has 0 rings (SSSR count). The van der Waals surface area contributed by atoms with Crippen molar-refractivity contribution in [2.24, 2.45) is 0 Å². The SMILES string of the molecule is CCCOCC(=O)NCCNC(=O)N(C)C. The van der Waals surface area contributed by atoms with E-state index in [2.05, 4.69) is 10.6 Å². The maximum atomic E-state index is 11.1. The summed E-state index contributed by atoms with van der Waals surface area (Å²) in [5.41, 5.74) is 0. The highest BCUT2D eigenvalue weighted by atomic mass is 16.5. The number of hydrogen-bond acceptors (Lipinski definition) is 3. The predicted octanol–water partition coefficient (Wildman–Crippen LogP) is -0.200. The molecule has 0 aromatic carbocycles. The van der Waals surface area contributed by atoms with E-state index in [9.17, 15) is 9.59 Å². The monoisotopic (exact) mass is 231 g/mol. The predicted molar refractivity (Wildman–Crippen MR) is 61.2 cm³/mol. The van der Waals surface area contributed by atoms with Crippen LogP contribution in [0.1, 0.15) is 13.3 Å². The van der Waals surface area contributed by atoms with Gasteiger partial charge in [-0.15, -0.1) is 0 Å². The van der Waals surface area contributed by atoms with Crippen LogP contribution in [0.5, 0.6) is 0 Å². The number of amides is 3. The molecule has 0 saturated heterocycles. The molecule has 2 N–H and O–H groups in total. The van der Waals surface area contributed by atoms with Crippen LogP contribution in [0.2, 0.25) is 0 Å². The summed E-state index contributed by atoms with van der Waals surface area (Å²) in [5, 5.41) is 5.27. The number of nitrogens with one attached hydrogen (secondary N) is 2. The molecular formula is C10H21N3O3. The fourth-order valence-electron chi connectivity index (χ4n) is 0.890. The number of ether oxygens (including phenoxy) is 1. The third kappa shape index (κ3) is 8.05. The lowest BCUT2D eigenvalue weighted by Gasteiger charge is -2.12. The van der Waals surface area contributed by atoms with Gasteiger partial charge in [-0.1, -0.05) is 6.92 Å². The van der Waals surface area contributed by atoms with Gasteiger partial charge >= 0.3 is 6.03 Å². The minimum Gasteiger partial charge on any atom is -0.372 e. The Morgan fingerprint density at radius 2 is 1.81 bits per heavy atom. The van der Waals surface area contributed by atoms with Crippen molar-refractivity contribution in [3.05, 3.63) is 0 Å². The summed E-state index contributed by atoms with van der Waals surface area (Å²) in [4.78, 5) is 23.6. The second kappa shape index (κ2) is 8.96. The van der Waals surface area contributed by atoms with Crippen LogP contribution in [0.3, 0.4) is 0 Å². The summed E-state index contributed by atoms with van der Waals surface area (Å²) in [7, 11) is 3.32. The van der Waals surface area contributed by atoms with E-state index in [1.165, 1.54) is 4.90 Å². The van der Waals surface area contributed by atoms with Crippen molar-refractivity contribution in [3.8, 4) is 0 Å². The minimum atomic E-state index is -0.170. The number of urea groups is 1. The highest BCUT2D eigenvalue weighted by Crippen LogP contribution is 1.80. The number of nitrogens with zero attached hydrogens (tertiary/aromatic N) is 1. The first-order chi connectivity index (χ1) is 7.57. The molecule has 0 unspecified atom stereocenters. The molecule has 0 spiro atoms. The van der Waals surface area contributed by atoms with Gasteiger partial charge in [-0.3, -0.25) is 4.79 Å². The van der Waals surface area contributed by atoms with Gasteiger partial charge in [-0.2, -0.15) is 0 Å². The van der Waals surface area contributed by atoms with E-state index >= 15 is 0 Å². The van der Waals surface area contributed by atoms with Gasteiger partial charge in [-0.05, 0) is 6.42 Å². The Morgan fingerprint density at radius 3 is 2.38 bits per heavy atom. The van der Waals surface area contributed by atoms with Crippen molar-refractivity contribution in [2.45, 2.75) is 13.3 Å². The van der Waals surface area contributed by atoms with E-state index in [1.807, 2.05) is 6.92 Å².